The lowest BCUT2D eigenvalue weighted by atomic mass is 10.0. The molecule has 0 aliphatic carbocycles. The lowest BCUT2D eigenvalue weighted by Gasteiger charge is -2.12. The van der Waals surface area contributed by atoms with Crippen LogP contribution in [0.3, 0.4) is 0 Å². The predicted octanol–water partition coefficient (Wildman–Crippen LogP) is 4.71. The minimum atomic E-state index is -0.232. The summed E-state index contributed by atoms with van der Waals surface area (Å²) in [6.45, 7) is 1.72. The van der Waals surface area contributed by atoms with Crippen LogP contribution < -0.4 is 0 Å². The van der Waals surface area contributed by atoms with E-state index in [9.17, 15) is 4.39 Å². The van der Waals surface area contributed by atoms with Crippen molar-refractivity contribution < 1.29 is 4.39 Å². The number of nitrogens with zero attached hydrogens (tertiary/aromatic N) is 1. The van der Waals surface area contributed by atoms with Crippen LogP contribution in [0.1, 0.15) is 22.1 Å². The van der Waals surface area contributed by atoms with Crippen LogP contribution in [0.4, 0.5) is 4.39 Å². The van der Waals surface area contributed by atoms with Crippen LogP contribution in [0.2, 0.25) is 5.02 Å². The largest absolute Gasteiger partial charge is 0.263 e. The van der Waals surface area contributed by atoms with Gasteiger partial charge in [0, 0.05) is 12.4 Å². The Bertz CT molecular complexity index is 557. The fraction of sp³-hybridized carbons (Fsp3) is 0.214. The Labute approximate surface area is 116 Å². The van der Waals surface area contributed by atoms with Gasteiger partial charge in [0.15, 0.2) is 0 Å². The molecule has 1 nitrogen and oxygen atoms in total. The zero-order valence-corrected chi connectivity index (χ0v) is 11.3. The smallest absolute Gasteiger partial charge is 0.126 e. The van der Waals surface area contributed by atoms with E-state index in [0.29, 0.717) is 17.0 Å². The highest BCUT2D eigenvalue weighted by Gasteiger charge is 2.12. The molecule has 4 heteroatoms. The van der Waals surface area contributed by atoms with Crippen LogP contribution in [0.5, 0.6) is 0 Å². The predicted molar refractivity (Wildman–Crippen MR) is 72.7 cm³/mol. The number of benzene rings is 1. The van der Waals surface area contributed by atoms with Gasteiger partial charge in [-0.25, -0.2) is 4.39 Å². The summed E-state index contributed by atoms with van der Waals surface area (Å²) in [5, 5.41) is 0.367. The Morgan fingerprint density at radius 3 is 2.78 bits per heavy atom. The molecule has 1 aromatic heterocycles. The van der Waals surface area contributed by atoms with Crippen molar-refractivity contribution in [2.45, 2.75) is 18.7 Å². The Hall–Kier alpha value is -1.12. The third-order valence-electron chi connectivity index (χ3n) is 2.80. The molecule has 0 saturated heterocycles. The van der Waals surface area contributed by atoms with Gasteiger partial charge in [0.25, 0.3) is 0 Å². The maximum absolute atomic E-state index is 13.2. The van der Waals surface area contributed by atoms with Crippen LogP contribution in [0.15, 0.2) is 36.7 Å². The zero-order valence-electron chi connectivity index (χ0n) is 9.83. The van der Waals surface area contributed by atoms with Crippen molar-refractivity contribution in [2.24, 2.45) is 0 Å². The lowest BCUT2D eigenvalue weighted by Crippen LogP contribution is -1.98. The zero-order chi connectivity index (χ0) is 13.1. The first-order chi connectivity index (χ1) is 8.58. The fourth-order valence-electron chi connectivity index (χ4n) is 1.74. The molecule has 94 valence electrons. The van der Waals surface area contributed by atoms with Crippen molar-refractivity contribution in [1.82, 2.24) is 4.98 Å². The van der Waals surface area contributed by atoms with Crippen LogP contribution in [0, 0.1) is 12.7 Å². The van der Waals surface area contributed by atoms with Gasteiger partial charge in [-0.2, -0.15) is 0 Å². The number of aryl methyl sites for hydroxylation is 1. The molecule has 0 saturated carbocycles. The average molecular weight is 284 g/mol. The van der Waals surface area contributed by atoms with E-state index in [4.69, 9.17) is 23.2 Å². The minimum absolute atomic E-state index is 0.218. The van der Waals surface area contributed by atoms with Gasteiger partial charge >= 0.3 is 0 Å². The first kappa shape index (κ1) is 13.3. The molecule has 1 unspecified atom stereocenters. The topological polar surface area (TPSA) is 12.9 Å². The molecule has 1 atom stereocenters. The van der Waals surface area contributed by atoms with Gasteiger partial charge in [0.05, 0.1) is 10.4 Å². The Balaban J connectivity index is 2.19. The van der Waals surface area contributed by atoms with Crippen molar-refractivity contribution in [3.63, 3.8) is 0 Å². The van der Waals surface area contributed by atoms with Gasteiger partial charge in [0.1, 0.15) is 5.82 Å². The molecule has 1 aromatic carbocycles. The number of hydrogen-bond donors (Lipinski definition) is 0. The summed E-state index contributed by atoms with van der Waals surface area (Å²) in [5.41, 5.74) is 2.43. The standard InChI is InChI=1S/C14H12Cl2FN/c1-9-6-10(2-3-14(9)17)12(15)7-11-4-5-18-8-13(11)16/h2-6,8,12H,7H2,1H3. The summed E-state index contributed by atoms with van der Waals surface area (Å²) in [5.74, 6) is -0.218. The summed E-state index contributed by atoms with van der Waals surface area (Å²) < 4.78 is 13.2. The number of halogens is 3. The number of rotatable bonds is 3. The summed E-state index contributed by atoms with van der Waals surface area (Å²) in [6.07, 6.45) is 3.87. The van der Waals surface area contributed by atoms with E-state index in [1.807, 2.05) is 6.07 Å². The van der Waals surface area contributed by atoms with E-state index in [1.54, 1.807) is 31.5 Å². The number of aromatic nitrogens is 1. The number of alkyl halides is 1. The quantitative estimate of drug-likeness (QED) is 0.744. The van der Waals surface area contributed by atoms with Gasteiger partial charge in [-0.3, -0.25) is 4.98 Å². The molecule has 0 aliphatic rings. The molecule has 0 spiro atoms. The van der Waals surface area contributed by atoms with E-state index >= 15 is 0 Å². The second-order valence-electron chi connectivity index (χ2n) is 4.15. The van der Waals surface area contributed by atoms with Gasteiger partial charge in [-0.05, 0) is 42.2 Å². The van der Waals surface area contributed by atoms with Crippen LogP contribution in [-0.4, -0.2) is 4.98 Å². The van der Waals surface area contributed by atoms with Gasteiger partial charge in [-0.15, -0.1) is 11.6 Å². The van der Waals surface area contributed by atoms with Crippen molar-refractivity contribution in [1.29, 1.82) is 0 Å². The molecule has 0 bridgehead atoms. The van der Waals surface area contributed by atoms with Crippen molar-refractivity contribution >= 4 is 23.2 Å². The van der Waals surface area contributed by atoms with Crippen LogP contribution in [-0.2, 0) is 6.42 Å². The molecular weight excluding hydrogens is 272 g/mol. The van der Waals surface area contributed by atoms with E-state index in [0.717, 1.165) is 11.1 Å². The first-order valence-corrected chi connectivity index (χ1v) is 6.38. The molecule has 2 aromatic rings. The highest BCUT2D eigenvalue weighted by Crippen LogP contribution is 2.28. The third-order valence-corrected chi connectivity index (χ3v) is 3.55. The summed E-state index contributed by atoms with van der Waals surface area (Å²) in [4.78, 5) is 3.93. The molecule has 0 aliphatic heterocycles. The maximum Gasteiger partial charge on any atom is 0.126 e. The second-order valence-corrected chi connectivity index (χ2v) is 5.08. The lowest BCUT2D eigenvalue weighted by molar-refractivity contribution is 0.617. The van der Waals surface area contributed by atoms with Crippen LogP contribution >= 0.6 is 23.2 Å². The molecule has 0 fully saturated rings. The number of hydrogen-bond acceptors (Lipinski definition) is 1. The second kappa shape index (κ2) is 5.68. The third kappa shape index (κ3) is 3.01. The molecule has 18 heavy (non-hydrogen) atoms. The monoisotopic (exact) mass is 283 g/mol. The van der Waals surface area contributed by atoms with Crippen molar-refractivity contribution in [2.75, 3.05) is 0 Å². The Morgan fingerprint density at radius 1 is 1.33 bits per heavy atom. The summed E-state index contributed by atoms with van der Waals surface area (Å²) >= 11 is 12.4. The molecule has 2 rings (SSSR count). The van der Waals surface area contributed by atoms with Gasteiger partial charge in [-0.1, -0.05) is 23.7 Å². The minimum Gasteiger partial charge on any atom is -0.263 e. The number of pyridine rings is 1. The molecule has 1 heterocycles. The molecular formula is C14H12Cl2FN. The van der Waals surface area contributed by atoms with E-state index in [-0.39, 0.29) is 11.2 Å². The highest BCUT2D eigenvalue weighted by atomic mass is 35.5. The van der Waals surface area contributed by atoms with Gasteiger partial charge in [0.2, 0.25) is 0 Å². The normalized spacial score (nSPS) is 12.4. The van der Waals surface area contributed by atoms with E-state index in [1.165, 1.54) is 6.07 Å². The van der Waals surface area contributed by atoms with E-state index < -0.39 is 0 Å². The molecule has 0 amide bonds. The van der Waals surface area contributed by atoms with Crippen molar-refractivity contribution in [3.05, 3.63) is 64.2 Å². The first-order valence-electron chi connectivity index (χ1n) is 5.56. The summed E-state index contributed by atoms with van der Waals surface area (Å²) in [7, 11) is 0. The average Bonchev–Trinajstić information content (AvgIpc) is 2.35. The molecule has 0 N–H and O–H groups in total. The van der Waals surface area contributed by atoms with Crippen LogP contribution in [0.25, 0.3) is 0 Å². The fourth-order valence-corrected chi connectivity index (χ4v) is 2.24. The van der Waals surface area contributed by atoms with E-state index in [2.05, 4.69) is 4.98 Å². The van der Waals surface area contributed by atoms with Gasteiger partial charge < -0.3 is 0 Å². The Morgan fingerprint density at radius 2 is 2.11 bits per heavy atom. The maximum atomic E-state index is 13.2. The highest BCUT2D eigenvalue weighted by molar-refractivity contribution is 6.31. The van der Waals surface area contributed by atoms with Crippen molar-refractivity contribution in [3.8, 4) is 0 Å². The summed E-state index contributed by atoms with van der Waals surface area (Å²) in [6, 6.07) is 6.75. The Kier molecular flexibility index (Phi) is 4.20. The SMILES string of the molecule is Cc1cc(C(Cl)Cc2ccncc2Cl)ccc1F. The molecule has 0 radical (unpaired) electrons.